The highest BCUT2D eigenvalue weighted by atomic mass is 32.1. The summed E-state index contributed by atoms with van der Waals surface area (Å²) in [5.41, 5.74) is 1.57. The van der Waals surface area contributed by atoms with Gasteiger partial charge in [0.2, 0.25) is 5.13 Å². The molecule has 0 spiro atoms. The highest BCUT2D eigenvalue weighted by Gasteiger charge is 2.18. The third-order valence-corrected chi connectivity index (χ3v) is 6.25. The van der Waals surface area contributed by atoms with Gasteiger partial charge < -0.3 is 4.74 Å². The van der Waals surface area contributed by atoms with Crippen LogP contribution < -0.4 is 9.75 Å². The van der Waals surface area contributed by atoms with E-state index in [2.05, 4.69) is 10.1 Å². The Morgan fingerprint density at radius 2 is 1.97 bits per heavy atom. The van der Waals surface area contributed by atoms with Gasteiger partial charge in [-0.2, -0.15) is 10.1 Å². The molecule has 2 aromatic heterocycles. The molecule has 0 N–H and O–H groups in total. The summed E-state index contributed by atoms with van der Waals surface area (Å²) in [6, 6.07) is 17.8. The van der Waals surface area contributed by atoms with Crippen LogP contribution >= 0.6 is 22.7 Å². The number of thiazole rings is 1. The average Bonchev–Trinajstić information content (AvgIpc) is 3.45. The van der Waals surface area contributed by atoms with E-state index in [-0.39, 0.29) is 5.00 Å². The number of methoxy groups -OCH3 is 1. The summed E-state index contributed by atoms with van der Waals surface area (Å²) in [6.07, 6.45) is 4.52. The number of fused-ring (bicyclic) bond motifs is 1. The minimum atomic E-state index is -0.464. The van der Waals surface area contributed by atoms with E-state index in [0.29, 0.717) is 21.3 Å². The van der Waals surface area contributed by atoms with Crippen LogP contribution in [0.4, 0.5) is 10.1 Å². The highest BCUT2D eigenvalue weighted by Crippen LogP contribution is 2.32. The molecule has 1 amide bonds. The van der Waals surface area contributed by atoms with Crippen LogP contribution in [-0.2, 0) is 4.79 Å². The smallest absolute Gasteiger partial charge is 0.324 e. The fourth-order valence-corrected chi connectivity index (χ4v) is 4.38. The largest absolute Gasteiger partial charge is 0.497 e. The lowest BCUT2D eigenvalue weighted by molar-refractivity contribution is -0.380. The van der Waals surface area contributed by atoms with E-state index < -0.39 is 10.8 Å². The number of thiophene rings is 1. The Hall–Kier alpha value is -3.89. The normalized spacial score (nSPS) is 11.4. The first-order valence-corrected chi connectivity index (χ1v) is 11.0. The van der Waals surface area contributed by atoms with Gasteiger partial charge in [0.05, 0.1) is 33.3 Å². The molecule has 0 bridgehead atoms. The minimum Gasteiger partial charge on any atom is -0.497 e. The maximum Gasteiger partial charge on any atom is 0.324 e. The second-order valence-electron chi connectivity index (χ2n) is 6.40. The summed E-state index contributed by atoms with van der Waals surface area (Å²) in [5.74, 6) is 0.283. The van der Waals surface area contributed by atoms with E-state index in [1.165, 1.54) is 34.7 Å². The summed E-state index contributed by atoms with van der Waals surface area (Å²) in [5, 5.41) is 16.8. The lowest BCUT2D eigenvalue weighted by Gasteiger charge is -2.10. The number of amides is 1. The zero-order chi connectivity index (χ0) is 22.5. The van der Waals surface area contributed by atoms with E-state index in [1.54, 1.807) is 25.3 Å². The molecule has 0 aliphatic carbocycles. The molecule has 0 saturated heterocycles. The van der Waals surface area contributed by atoms with Gasteiger partial charge >= 0.3 is 5.00 Å². The van der Waals surface area contributed by atoms with Crippen LogP contribution in [0, 0.1) is 10.1 Å². The quantitative estimate of drug-likeness (QED) is 0.159. The van der Waals surface area contributed by atoms with Crippen molar-refractivity contribution in [3.05, 3.63) is 87.3 Å². The predicted molar refractivity (Wildman–Crippen MR) is 128 cm³/mol. The fraction of sp³-hybridized carbons (Fsp3) is 0.0455. The molecule has 0 aliphatic rings. The number of ether oxygens (including phenoxy) is 1. The van der Waals surface area contributed by atoms with Crippen molar-refractivity contribution in [2.45, 2.75) is 0 Å². The number of hydrazone groups is 1. The first-order chi connectivity index (χ1) is 15.5. The Balaban J connectivity index is 1.68. The maximum atomic E-state index is 13.0. The van der Waals surface area contributed by atoms with Gasteiger partial charge in [0.15, 0.2) is 0 Å². The van der Waals surface area contributed by atoms with E-state index in [4.69, 9.17) is 4.74 Å². The molecule has 8 nitrogen and oxygen atoms in total. The van der Waals surface area contributed by atoms with Crippen LogP contribution in [0.3, 0.4) is 0 Å². The van der Waals surface area contributed by atoms with E-state index in [1.807, 2.05) is 42.5 Å². The van der Waals surface area contributed by atoms with Crippen LogP contribution in [0.15, 0.2) is 71.8 Å². The first-order valence-electron chi connectivity index (χ1n) is 9.33. The molecule has 4 rings (SSSR count). The summed E-state index contributed by atoms with van der Waals surface area (Å²) in [7, 11) is 1.58. The monoisotopic (exact) mass is 464 g/mol. The molecule has 160 valence electrons. The van der Waals surface area contributed by atoms with E-state index in [0.717, 1.165) is 21.6 Å². The van der Waals surface area contributed by atoms with Gasteiger partial charge in [-0.25, -0.2) is 4.98 Å². The van der Waals surface area contributed by atoms with Crippen LogP contribution in [-0.4, -0.2) is 29.1 Å². The minimum absolute atomic E-state index is 0.000354. The van der Waals surface area contributed by atoms with Crippen LogP contribution in [0.5, 0.6) is 5.75 Å². The highest BCUT2D eigenvalue weighted by molar-refractivity contribution is 7.22. The Labute approximate surface area is 190 Å². The molecular weight excluding hydrogens is 448 g/mol. The van der Waals surface area contributed by atoms with Gasteiger partial charge in [0.1, 0.15) is 5.75 Å². The number of hydrogen-bond acceptors (Lipinski definition) is 8. The Morgan fingerprint density at radius 3 is 2.69 bits per heavy atom. The van der Waals surface area contributed by atoms with Gasteiger partial charge in [-0.3, -0.25) is 14.9 Å². The zero-order valence-electron chi connectivity index (χ0n) is 16.7. The molecule has 0 unspecified atom stereocenters. The molecule has 2 aromatic carbocycles. The molecule has 0 aliphatic heterocycles. The van der Waals surface area contributed by atoms with Crippen molar-refractivity contribution >= 4 is 61.2 Å². The van der Waals surface area contributed by atoms with Crippen LogP contribution in [0.1, 0.15) is 10.4 Å². The average molecular weight is 465 g/mol. The molecule has 4 aromatic rings. The van der Waals surface area contributed by atoms with E-state index >= 15 is 0 Å². The molecule has 10 heteroatoms. The lowest BCUT2D eigenvalue weighted by Crippen LogP contribution is -2.23. The van der Waals surface area contributed by atoms with Crippen molar-refractivity contribution in [1.82, 2.24) is 4.98 Å². The third-order valence-electron chi connectivity index (χ3n) is 4.29. The van der Waals surface area contributed by atoms with Gasteiger partial charge in [-0.15, -0.1) is 0 Å². The second-order valence-corrected chi connectivity index (χ2v) is 8.50. The third kappa shape index (κ3) is 4.88. The lowest BCUT2D eigenvalue weighted by atomic mass is 10.2. The molecule has 0 radical (unpaired) electrons. The summed E-state index contributed by atoms with van der Waals surface area (Å²) in [4.78, 5) is 28.6. The number of hydrogen-bond donors (Lipinski definition) is 0. The molecule has 2 heterocycles. The van der Waals surface area contributed by atoms with Crippen molar-refractivity contribution in [2.24, 2.45) is 5.10 Å². The van der Waals surface area contributed by atoms with Gasteiger partial charge in [0, 0.05) is 12.1 Å². The first kappa shape index (κ1) is 21.3. The summed E-state index contributed by atoms with van der Waals surface area (Å²) in [6.45, 7) is 0. The number of carbonyl (C=O) groups is 1. The van der Waals surface area contributed by atoms with Crippen molar-refractivity contribution in [3.63, 3.8) is 0 Å². The zero-order valence-corrected chi connectivity index (χ0v) is 18.4. The Bertz CT molecular complexity index is 1330. The van der Waals surface area contributed by atoms with Gasteiger partial charge in [0.25, 0.3) is 5.91 Å². The van der Waals surface area contributed by atoms with Crippen molar-refractivity contribution in [1.29, 1.82) is 0 Å². The number of anilines is 1. The topological polar surface area (TPSA) is 97.9 Å². The second kappa shape index (κ2) is 9.50. The molecule has 0 fully saturated rings. The van der Waals surface area contributed by atoms with Crippen LogP contribution in [0.2, 0.25) is 0 Å². The SMILES string of the molecule is COc1ccc2nc(N(/N=C/c3ccc([N+](=O)[O-])s3)C(=O)/C=C/c3ccccc3)sc2c1. The standard InChI is InChI=1S/C22H16N4O4S2/c1-30-16-8-10-18-19(13-16)32-22(24-18)25(20(27)11-7-15-5-3-2-4-6-15)23-14-17-9-12-21(31-17)26(28)29/h2-14H,1H3/b11-7+,23-14+. The summed E-state index contributed by atoms with van der Waals surface area (Å²) < 4.78 is 6.10. The van der Waals surface area contributed by atoms with Crippen molar-refractivity contribution in [2.75, 3.05) is 12.1 Å². The Kier molecular flexibility index (Phi) is 6.34. The van der Waals surface area contributed by atoms with E-state index in [9.17, 15) is 14.9 Å². The number of rotatable bonds is 7. The number of aromatic nitrogens is 1. The number of nitro groups is 1. The molecule has 0 saturated carbocycles. The number of nitrogens with zero attached hydrogens (tertiary/aromatic N) is 4. The molecule has 0 atom stereocenters. The predicted octanol–water partition coefficient (Wildman–Crippen LogP) is 5.36. The molecule has 32 heavy (non-hydrogen) atoms. The Morgan fingerprint density at radius 1 is 1.16 bits per heavy atom. The number of carbonyl (C=O) groups excluding carboxylic acids is 1. The fourth-order valence-electron chi connectivity index (χ4n) is 2.74. The van der Waals surface area contributed by atoms with Crippen LogP contribution in [0.25, 0.3) is 16.3 Å². The number of benzene rings is 2. The molecular formula is C22H16N4O4S2. The maximum absolute atomic E-state index is 13.0. The van der Waals surface area contributed by atoms with Gasteiger partial charge in [-0.1, -0.05) is 53.0 Å². The van der Waals surface area contributed by atoms with Gasteiger partial charge in [-0.05, 0) is 35.9 Å². The van der Waals surface area contributed by atoms with Crippen molar-refractivity contribution in [3.8, 4) is 5.75 Å². The summed E-state index contributed by atoms with van der Waals surface area (Å²) >= 11 is 2.26. The van der Waals surface area contributed by atoms with Crippen molar-refractivity contribution < 1.29 is 14.5 Å².